The molecular weight excluding hydrogens is 1490 g/mol. The number of carbonyl (C=O) groups is 1. The number of aromatic nitrogens is 12. The molecule has 0 spiro atoms. The summed E-state index contributed by atoms with van der Waals surface area (Å²) in [4.78, 5) is 78.1. The Morgan fingerprint density at radius 2 is 0.262 bits per heavy atom. The molecule has 4 heterocycles. The summed E-state index contributed by atoms with van der Waals surface area (Å²) in [7, 11) is 0. The van der Waals surface area contributed by atoms with Crippen LogP contribution < -0.4 is 0 Å². The Labute approximate surface area is 705 Å². The summed E-state index contributed by atoms with van der Waals surface area (Å²) in [6.07, 6.45) is 0. The molecule has 16 aromatic carbocycles. The Morgan fingerprint density at radius 1 is 0.123 bits per heavy atom. The van der Waals surface area contributed by atoms with Gasteiger partial charge in [-0.1, -0.05) is 364 Å². The second-order valence-corrected chi connectivity index (χ2v) is 29.5. The van der Waals surface area contributed by atoms with E-state index in [2.05, 4.69) is 84.9 Å². The average Bonchev–Trinajstić information content (AvgIpc) is 0.778. The number of hydrogen-bond acceptors (Lipinski definition) is 13. The topological polar surface area (TPSA) is 172 Å². The maximum absolute atomic E-state index is 16.6. The molecule has 572 valence electrons. The third-order valence-corrected chi connectivity index (χ3v) is 21.4. The molecule has 0 bridgehead atoms. The smallest absolute Gasteiger partial charge is 0.194 e. The Bertz CT molecular complexity index is 6210. The molecule has 0 aliphatic heterocycles. The first kappa shape index (κ1) is 74.1. The van der Waals surface area contributed by atoms with Crippen LogP contribution >= 0.6 is 0 Å². The second-order valence-electron chi connectivity index (χ2n) is 29.5. The van der Waals surface area contributed by atoms with Gasteiger partial charge in [0.25, 0.3) is 0 Å². The summed E-state index contributed by atoms with van der Waals surface area (Å²) < 4.78 is 0. The fourth-order valence-corrected chi connectivity index (χ4v) is 15.3. The van der Waals surface area contributed by atoms with E-state index in [4.69, 9.17) is 59.8 Å². The lowest BCUT2D eigenvalue weighted by atomic mass is 9.86. The van der Waals surface area contributed by atoms with Crippen molar-refractivity contribution in [1.29, 1.82) is 0 Å². The van der Waals surface area contributed by atoms with Crippen LogP contribution in [0.4, 0.5) is 0 Å². The summed E-state index contributed by atoms with van der Waals surface area (Å²) in [5.74, 6) is 6.36. The van der Waals surface area contributed by atoms with E-state index >= 15 is 4.79 Å². The number of hydrogen-bond donors (Lipinski definition) is 0. The normalized spacial score (nSPS) is 11.1. The quantitative estimate of drug-likeness (QED) is 0.0661. The molecule has 13 nitrogen and oxygen atoms in total. The highest BCUT2D eigenvalue weighted by atomic mass is 16.1. The second kappa shape index (κ2) is 33.4. The Morgan fingerprint density at radius 3 is 0.459 bits per heavy atom. The van der Waals surface area contributed by atoms with Gasteiger partial charge in [0.15, 0.2) is 75.7 Å². The summed E-state index contributed by atoms with van der Waals surface area (Å²) in [6.45, 7) is 0. The van der Waals surface area contributed by atoms with Crippen molar-refractivity contribution in [2.75, 3.05) is 0 Å². The minimum Gasteiger partial charge on any atom is -0.289 e. The van der Waals surface area contributed by atoms with Crippen LogP contribution in [-0.2, 0) is 0 Å². The van der Waals surface area contributed by atoms with Crippen LogP contribution in [0, 0.1) is 0 Å². The Hall–Kier alpha value is -16.8. The van der Waals surface area contributed by atoms with Crippen LogP contribution in [0.2, 0.25) is 0 Å². The molecule has 0 aliphatic rings. The number of rotatable bonds is 20. The molecule has 20 aromatic rings. The zero-order chi connectivity index (χ0) is 81.5. The van der Waals surface area contributed by atoms with Crippen molar-refractivity contribution in [2.24, 2.45) is 0 Å². The van der Waals surface area contributed by atoms with Gasteiger partial charge in [-0.2, -0.15) is 0 Å². The maximum Gasteiger partial charge on any atom is 0.194 e. The van der Waals surface area contributed by atoms with Crippen LogP contribution in [-0.4, -0.2) is 65.6 Å². The van der Waals surface area contributed by atoms with E-state index in [1.54, 1.807) is 0 Å². The molecule has 0 radical (unpaired) electrons. The number of benzene rings is 16. The van der Waals surface area contributed by atoms with Crippen molar-refractivity contribution in [3.63, 3.8) is 0 Å². The van der Waals surface area contributed by atoms with E-state index in [1.165, 1.54) is 0 Å². The lowest BCUT2D eigenvalue weighted by Gasteiger charge is -2.17. The van der Waals surface area contributed by atoms with Gasteiger partial charge in [-0.15, -0.1) is 0 Å². The summed E-state index contributed by atoms with van der Waals surface area (Å²) in [5.41, 5.74) is 21.3. The molecule has 0 saturated carbocycles. The van der Waals surface area contributed by atoms with Gasteiger partial charge < -0.3 is 0 Å². The third-order valence-electron chi connectivity index (χ3n) is 21.4. The van der Waals surface area contributed by atoms with E-state index in [0.717, 1.165) is 134 Å². The first-order valence-electron chi connectivity index (χ1n) is 40.3. The molecule has 0 atom stereocenters. The van der Waals surface area contributed by atoms with Gasteiger partial charge in [0, 0.05) is 77.9 Å². The largest absolute Gasteiger partial charge is 0.289 e. The van der Waals surface area contributed by atoms with Gasteiger partial charge in [0.1, 0.15) is 0 Å². The van der Waals surface area contributed by atoms with Crippen LogP contribution in [0.25, 0.3) is 203 Å². The SMILES string of the molecule is O=C(c1ccccc1-c1cc(-c2cccc(-c3nc(-c4ccccc4)nc(-c4ccccc4)n3)c2)cc(-c2cccc(-c3nc(-c4ccccc4)nc(-c4ccccc4)n3)c2)c1)c1ccccc1-c1cc(-c2cccc(-c3nc(-c4ccccc4)nc(-c4ccccc4)n3)c2)cc(-c2cccc(-c3nc(-c4ccccc4)nc(-c4ccccc4)n3)c2)c1. The highest BCUT2D eigenvalue weighted by Crippen LogP contribution is 2.42. The third kappa shape index (κ3) is 15.8. The van der Waals surface area contributed by atoms with E-state index in [-0.39, 0.29) is 5.78 Å². The lowest BCUT2D eigenvalue weighted by molar-refractivity contribution is 0.104. The Kier molecular flexibility index (Phi) is 20.3. The summed E-state index contributed by atoms with van der Waals surface area (Å²) >= 11 is 0. The molecule has 0 fully saturated rings. The van der Waals surface area contributed by atoms with Crippen molar-refractivity contribution in [1.82, 2.24) is 59.8 Å². The van der Waals surface area contributed by atoms with Crippen molar-refractivity contribution < 1.29 is 4.79 Å². The highest BCUT2D eigenvalue weighted by molar-refractivity contribution is 6.16. The molecule has 0 amide bonds. The summed E-state index contributed by atoms with van der Waals surface area (Å²) in [6, 6.07) is 142. The van der Waals surface area contributed by atoms with Gasteiger partial charge in [0.2, 0.25) is 0 Å². The van der Waals surface area contributed by atoms with Gasteiger partial charge >= 0.3 is 0 Å². The molecule has 0 saturated heterocycles. The minimum atomic E-state index is -0.170. The van der Waals surface area contributed by atoms with E-state index in [1.807, 2.05) is 340 Å². The fourth-order valence-electron chi connectivity index (χ4n) is 15.3. The highest BCUT2D eigenvalue weighted by Gasteiger charge is 2.24. The first-order chi connectivity index (χ1) is 60.3. The summed E-state index contributed by atoms with van der Waals surface area (Å²) in [5, 5.41) is 0. The zero-order valence-electron chi connectivity index (χ0n) is 65.7. The van der Waals surface area contributed by atoms with Crippen LogP contribution in [0.15, 0.2) is 425 Å². The monoisotopic (exact) mass is 1560 g/mol. The van der Waals surface area contributed by atoms with Crippen molar-refractivity contribution in [3.05, 3.63) is 436 Å². The average molecular weight is 1560 g/mol. The van der Waals surface area contributed by atoms with Crippen LogP contribution in [0.5, 0.6) is 0 Å². The molecular formula is C109H70N12O. The molecule has 0 unspecified atom stereocenters. The van der Waals surface area contributed by atoms with Crippen molar-refractivity contribution in [2.45, 2.75) is 0 Å². The number of carbonyl (C=O) groups excluding carboxylic acids is 1. The van der Waals surface area contributed by atoms with E-state index < -0.39 is 0 Å². The minimum absolute atomic E-state index is 0.170. The lowest BCUT2D eigenvalue weighted by Crippen LogP contribution is -2.06. The van der Waals surface area contributed by atoms with Crippen LogP contribution in [0.1, 0.15) is 15.9 Å². The maximum atomic E-state index is 16.6. The molecule has 0 aliphatic carbocycles. The predicted octanol–water partition coefficient (Wildman–Crippen LogP) is 25.7. The zero-order valence-corrected chi connectivity index (χ0v) is 65.7. The predicted molar refractivity (Wildman–Crippen MR) is 488 cm³/mol. The molecule has 4 aromatic heterocycles. The molecule has 20 rings (SSSR count). The molecule has 122 heavy (non-hydrogen) atoms. The Balaban J connectivity index is 0.736. The van der Waals surface area contributed by atoms with Gasteiger partial charge in [0.05, 0.1) is 0 Å². The van der Waals surface area contributed by atoms with Gasteiger partial charge in [-0.05, 0) is 127 Å². The fraction of sp³-hybridized carbons (Fsp3) is 0. The van der Waals surface area contributed by atoms with Crippen molar-refractivity contribution in [3.8, 4) is 203 Å². The standard InChI is InChI=1S/C109H70N12O/c122-97(95-59-27-25-57-93(95)91-67-87(79-49-29-53-83(61-79)106-114-98(71-33-9-1-10-34-71)110-99(115-106)72-35-11-2-12-36-72)65-88(68-91)80-50-30-54-84(62-80)107-116-100(73-37-13-3-14-38-73)111-101(117-107)74-39-15-4-16-40-74)96-60-28-26-58-94(96)92-69-89(81-51-31-55-85(63-81)108-118-102(75-41-17-5-18-42-75)112-103(119-108)76-43-19-6-20-44-76)66-90(70-92)82-52-32-56-86(64-82)109-120-104(77-45-21-7-22-46-77)113-105(121-109)78-47-23-8-24-48-78/h1-70H. The number of ketones is 1. The van der Waals surface area contributed by atoms with E-state index in [9.17, 15) is 0 Å². The van der Waals surface area contributed by atoms with Gasteiger partial charge in [-0.25, -0.2) is 59.8 Å². The number of nitrogens with zero attached hydrogens (tertiary/aromatic N) is 12. The van der Waals surface area contributed by atoms with Crippen LogP contribution in [0.3, 0.4) is 0 Å². The van der Waals surface area contributed by atoms with Gasteiger partial charge in [-0.3, -0.25) is 4.79 Å². The van der Waals surface area contributed by atoms with E-state index in [0.29, 0.717) is 81.0 Å². The molecule has 0 N–H and O–H groups in total. The van der Waals surface area contributed by atoms with Crippen molar-refractivity contribution >= 4 is 5.78 Å². The first-order valence-corrected chi connectivity index (χ1v) is 40.3. The molecule has 13 heteroatoms.